The first-order chi connectivity index (χ1) is 18.8. The van der Waals surface area contributed by atoms with Crippen LogP contribution in [0.4, 0.5) is 14.9 Å². The van der Waals surface area contributed by atoms with Crippen LogP contribution in [0.3, 0.4) is 0 Å². The van der Waals surface area contributed by atoms with Crippen LogP contribution in [0.1, 0.15) is 11.1 Å². The van der Waals surface area contributed by atoms with Crippen molar-refractivity contribution in [3.8, 4) is 28.1 Å². The van der Waals surface area contributed by atoms with E-state index in [0.717, 1.165) is 20.7 Å². The Balaban J connectivity index is 1.35. The van der Waals surface area contributed by atoms with Gasteiger partial charge in [-0.3, -0.25) is 4.90 Å². The van der Waals surface area contributed by atoms with E-state index in [-0.39, 0.29) is 12.3 Å². The predicted octanol–water partition coefficient (Wildman–Crippen LogP) is 5.25. The second kappa shape index (κ2) is 9.62. The number of halogens is 1. The number of aromatic nitrogens is 4. The van der Waals surface area contributed by atoms with Gasteiger partial charge >= 0.3 is 6.09 Å². The summed E-state index contributed by atoms with van der Waals surface area (Å²) in [5.74, 6) is 0.362. The van der Waals surface area contributed by atoms with Gasteiger partial charge in [0.2, 0.25) is 11.8 Å². The highest BCUT2D eigenvalue weighted by Gasteiger charge is 2.33. The molecule has 4 heterocycles. The molecule has 0 aliphatic carbocycles. The normalized spacial score (nSPS) is 14.3. The van der Waals surface area contributed by atoms with Gasteiger partial charge < -0.3 is 19.3 Å². The van der Waals surface area contributed by atoms with E-state index in [1.807, 2.05) is 19.1 Å². The largest absolute Gasteiger partial charge is 0.485 e. The number of thiazole rings is 1. The maximum Gasteiger partial charge on any atom is 0.411 e. The highest BCUT2D eigenvalue weighted by molar-refractivity contribution is 7.22. The lowest BCUT2D eigenvalue weighted by Gasteiger charge is -2.22. The zero-order chi connectivity index (χ0) is 27.3. The minimum atomic E-state index is -1.17. The lowest BCUT2D eigenvalue weighted by molar-refractivity contribution is 0.190. The summed E-state index contributed by atoms with van der Waals surface area (Å²) in [7, 11) is 3.01. The highest BCUT2D eigenvalue weighted by Crippen LogP contribution is 2.43. The predicted molar refractivity (Wildman–Crippen MR) is 144 cm³/mol. The summed E-state index contributed by atoms with van der Waals surface area (Å²) in [6.45, 7) is 1.95. The van der Waals surface area contributed by atoms with Crippen LogP contribution >= 0.6 is 11.3 Å². The molecule has 198 valence electrons. The topological polar surface area (TPSA) is 120 Å². The average Bonchev–Trinajstić information content (AvgIpc) is 3.55. The first-order valence-electron chi connectivity index (χ1n) is 12.0. The van der Waals surface area contributed by atoms with Crippen LogP contribution in [0.5, 0.6) is 17.5 Å². The maximum atomic E-state index is 15.2. The van der Waals surface area contributed by atoms with Crippen LogP contribution in [0.15, 0.2) is 42.7 Å². The van der Waals surface area contributed by atoms with Gasteiger partial charge in [0.05, 0.1) is 60.1 Å². The van der Waals surface area contributed by atoms with Crippen LogP contribution in [-0.2, 0) is 6.42 Å². The number of pyridine rings is 1. The molecule has 0 saturated carbocycles. The molecule has 12 heteroatoms. The summed E-state index contributed by atoms with van der Waals surface area (Å²) in [6, 6.07) is 8.42. The Kier molecular flexibility index (Phi) is 6.10. The van der Waals surface area contributed by atoms with Crippen molar-refractivity contribution in [1.29, 1.82) is 0 Å². The molecule has 0 spiro atoms. The number of benzene rings is 2. The van der Waals surface area contributed by atoms with E-state index in [1.54, 1.807) is 18.3 Å². The van der Waals surface area contributed by atoms with Crippen molar-refractivity contribution in [1.82, 2.24) is 19.9 Å². The summed E-state index contributed by atoms with van der Waals surface area (Å²) in [4.78, 5) is 31.0. The number of hydrogen-bond acceptors (Lipinski definition) is 9. The minimum absolute atomic E-state index is 0.00937. The molecule has 1 unspecified atom stereocenters. The van der Waals surface area contributed by atoms with Crippen molar-refractivity contribution in [3.63, 3.8) is 0 Å². The Hall–Kier alpha value is -4.58. The number of carboxylic acid groups (broad SMARTS) is 1. The van der Waals surface area contributed by atoms with Crippen LogP contribution in [0, 0.1) is 12.7 Å². The zero-order valence-electron chi connectivity index (χ0n) is 21.1. The SMILES string of the molecule is COc1ccc(N(CC2Cc3c(c(F)cc4nc(-c5cc(C)cc6nc(OC)cnc56)sc34)O2)C(=O)O)cn1. The van der Waals surface area contributed by atoms with Crippen LogP contribution in [0.25, 0.3) is 31.8 Å². The smallest absolute Gasteiger partial charge is 0.411 e. The summed E-state index contributed by atoms with van der Waals surface area (Å²) in [6.07, 6.45) is 1.52. The summed E-state index contributed by atoms with van der Waals surface area (Å²) >= 11 is 1.42. The Morgan fingerprint density at radius 2 is 1.95 bits per heavy atom. The molecule has 2 aromatic carbocycles. The van der Waals surface area contributed by atoms with Crippen molar-refractivity contribution in [2.45, 2.75) is 19.4 Å². The van der Waals surface area contributed by atoms with Crippen molar-refractivity contribution < 1.29 is 28.5 Å². The quantitative estimate of drug-likeness (QED) is 0.304. The number of amides is 1. The van der Waals surface area contributed by atoms with E-state index >= 15 is 4.39 Å². The third-order valence-electron chi connectivity index (χ3n) is 6.47. The van der Waals surface area contributed by atoms with Crippen molar-refractivity contribution in [2.75, 3.05) is 25.7 Å². The minimum Gasteiger partial charge on any atom is -0.485 e. The van der Waals surface area contributed by atoms with Crippen LogP contribution < -0.4 is 19.1 Å². The van der Waals surface area contributed by atoms with E-state index in [1.165, 1.54) is 37.8 Å². The third-order valence-corrected chi connectivity index (χ3v) is 7.63. The van der Waals surface area contributed by atoms with E-state index in [2.05, 4.69) is 15.0 Å². The van der Waals surface area contributed by atoms with E-state index in [9.17, 15) is 9.90 Å². The number of aryl methyl sites for hydroxylation is 1. The molecule has 5 aromatic rings. The molecule has 0 saturated heterocycles. The summed E-state index contributed by atoms with van der Waals surface area (Å²) in [5, 5.41) is 10.5. The van der Waals surface area contributed by atoms with Crippen molar-refractivity contribution in [2.24, 2.45) is 0 Å². The number of carbonyl (C=O) groups is 1. The highest BCUT2D eigenvalue weighted by atomic mass is 32.1. The van der Waals surface area contributed by atoms with Crippen LogP contribution in [-0.4, -0.2) is 58.0 Å². The number of hydrogen-bond donors (Lipinski definition) is 1. The maximum absolute atomic E-state index is 15.2. The van der Waals surface area contributed by atoms with Crippen molar-refractivity contribution in [3.05, 3.63) is 59.7 Å². The molecule has 1 N–H and O–H groups in total. The van der Waals surface area contributed by atoms with Crippen LogP contribution in [0.2, 0.25) is 0 Å². The van der Waals surface area contributed by atoms with E-state index in [4.69, 9.17) is 19.2 Å². The fraction of sp³-hybridized carbons (Fsp3) is 0.222. The standard InChI is InChI=1S/C27H22FN5O5S/c1-13-6-16(23-19(7-13)31-22(37-3)11-30-23)26-32-20-9-18(28)24-17(25(20)39-26)8-15(38-24)12-33(27(34)35)14-4-5-21(36-2)29-10-14/h4-7,9-11,15H,8,12H2,1-3H3,(H,34,35). The molecule has 1 amide bonds. The summed E-state index contributed by atoms with van der Waals surface area (Å²) in [5.41, 5.74) is 4.62. The van der Waals surface area contributed by atoms with Gasteiger partial charge in [0.15, 0.2) is 11.6 Å². The monoisotopic (exact) mass is 547 g/mol. The van der Waals surface area contributed by atoms with Gasteiger partial charge in [-0.25, -0.2) is 29.1 Å². The molecule has 0 bridgehead atoms. The first kappa shape index (κ1) is 24.7. The number of fused-ring (bicyclic) bond motifs is 4. The Morgan fingerprint density at radius 1 is 1.13 bits per heavy atom. The molecular formula is C27H22FN5O5S. The van der Waals surface area contributed by atoms with Gasteiger partial charge in [-0.2, -0.15) is 0 Å². The average molecular weight is 548 g/mol. The van der Waals surface area contributed by atoms with Crippen molar-refractivity contribution >= 4 is 44.4 Å². The van der Waals surface area contributed by atoms with Gasteiger partial charge in [0, 0.05) is 29.7 Å². The summed E-state index contributed by atoms with van der Waals surface area (Å²) < 4.78 is 32.2. The lowest BCUT2D eigenvalue weighted by Crippen LogP contribution is -2.38. The Labute approximate surface area is 225 Å². The molecule has 6 rings (SSSR count). The van der Waals surface area contributed by atoms with Gasteiger partial charge in [-0.05, 0) is 30.7 Å². The molecule has 1 aliphatic heterocycles. The van der Waals surface area contributed by atoms with Gasteiger partial charge in [-0.15, -0.1) is 11.3 Å². The van der Waals surface area contributed by atoms with Gasteiger partial charge in [-0.1, -0.05) is 0 Å². The lowest BCUT2D eigenvalue weighted by atomic mass is 10.1. The molecule has 39 heavy (non-hydrogen) atoms. The zero-order valence-corrected chi connectivity index (χ0v) is 22.0. The fourth-order valence-electron chi connectivity index (χ4n) is 4.70. The number of nitrogens with zero attached hydrogens (tertiary/aromatic N) is 5. The molecule has 10 nitrogen and oxygen atoms in total. The molecule has 1 aliphatic rings. The van der Waals surface area contributed by atoms with E-state index < -0.39 is 18.0 Å². The first-order valence-corrected chi connectivity index (χ1v) is 12.8. The molecule has 3 aromatic heterocycles. The molecule has 1 atom stereocenters. The number of methoxy groups -OCH3 is 2. The third kappa shape index (κ3) is 4.42. The van der Waals surface area contributed by atoms with Gasteiger partial charge in [0.1, 0.15) is 11.1 Å². The number of rotatable bonds is 6. The second-order valence-corrected chi connectivity index (χ2v) is 10.0. The molecule has 0 fully saturated rings. The molecule has 0 radical (unpaired) electrons. The second-order valence-electron chi connectivity index (χ2n) is 9.02. The Bertz CT molecular complexity index is 1740. The fourth-order valence-corrected chi connectivity index (χ4v) is 5.82. The Morgan fingerprint density at radius 3 is 2.67 bits per heavy atom. The number of anilines is 1. The van der Waals surface area contributed by atoms with Gasteiger partial charge in [0.25, 0.3) is 0 Å². The molecular weight excluding hydrogens is 525 g/mol. The van der Waals surface area contributed by atoms with E-state index in [0.29, 0.717) is 51.0 Å². The number of ether oxygens (including phenoxy) is 3.